The molecule has 0 aromatic carbocycles. The Morgan fingerprint density at radius 2 is 2.00 bits per heavy atom. The molecular formula is C18H23N5O. The highest BCUT2D eigenvalue weighted by molar-refractivity contribution is 5.94. The second-order valence-electron chi connectivity index (χ2n) is 6.43. The van der Waals surface area contributed by atoms with E-state index in [2.05, 4.69) is 21.9 Å². The van der Waals surface area contributed by atoms with Crippen molar-refractivity contribution in [1.82, 2.24) is 19.9 Å². The molecule has 2 aromatic heterocycles. The van der Waals surface area contributed by atoms with Crippen molar-refractivity contribution >= 4 is 11.7 Å². The topological polar surface area (TPSA) is 62.2 Å². The van der Waals surface area contributed by atoms with Gasteiger partial charge in [-0.1, -0.05) is 6.92 Å². The molecule has 1 saturated heterocycles. The summed E-state index contributed by atoms with van der Waals surface area (Å²) in [7, 11) is 1.95. The molecule has 0 atom stereocenters. The third-order valence-corrected chi connectivity index (χ3v) is 4.47. The molecule has 126 valence electrons. The van der Waals surface area contributed by atoms with Crippen molar-refractivity contribution in [2.24, 2.45) is 5.92 Å². The lowest BCUT2D eigenvalue weighted by atomic mass is 9.99. The number of hydrogen-bond acceptors (Lipinski definition) is 5. The summed E-state index contributed by atoms with van der Waals surface area (Å²) >= 11 is 0. The number of likely N-dealkylation sites (tertiary alicyclic amines) is 1. The van der Waals surface area contributed by atoms with Crippen molar-refractivity contribution < 1.29 is 4.79 Å². The average molecular weight is 325 g/mol. The Bertz CT molecular complexity index is 666. The molecule has 3 rings (SSSR count). The van der Waals surface area contributed by atoms with Crippen LogP contribution < -0.4 is 4.90 Å². The molecule has 0 N–H and O–H groups in total. The summed E-state index contributed by atoms with van der Waals surface area (Å²) in [5.74, 6) is 1.60. The van der Waals surface area contributed by atoms with Crippen molar-refractivity contribution in [2.45, 2.75) is 26.3 Å². The van der Waals surface area contributed by atoms with Gasteiger partial charge in [-0.15, -0.1) is 0 Å². The van der Waals surface area contributed by atoms with E-state index in [9.17, 15) is 4.79 Å². The molecule has 6 heteroatoms. The minimum Gasteiger partial charge on any atom is -0.354 e. The molecule has 1 aliphatic heterocycles. The standard InChI is InChI=1S/C18H23N5O/c1-14-5-9-23(10-6-14)18(24)15-3-4-17(21-11-15)22(2)13-16-12-19-7-8-20-16/h3-4,7-8,11-12,14H,5-6,9-10,13H2,1-2H3. The van der Waals surface area contributed by atoms with Crippen molar-refractivity contribution in [3.8, 4) is 0 Å². The molecule has 3 heterocycles. The van der Waals surface area contributed by atoms with Gasteiger partial charge < -0.3 is 9.80 Å². The predicted octanol–water partition coefficient (Wildman–Crippen LogP) is 2.38. The first kappa shape index (κ1) is 16.4. The van der Waals surface area contributed by atoms with Gasteiger partial charge >= 0.3 is 0 Å². The van der Waals surface area contributed by atoms with E-state index in [1.54, 1.807) is 24.8 Å². The maximum atomic E-state index is 12.5. The van der Waals surface area contributed by atoms with Gasteiger partial charge in [-0.05, 0) is 30.9 Å². The van der Waals surface area contributed by atoms with Crippen LogP contribution in [-0.2, 0) is 6.54 Å². The second-order valence-corrected chi connectivity index (χ2v) is 6.43. The quantitative estimate of drug-likeness (QED) is 0.863. The Labute approximate surface area is 142 Å². The molecule has 6 nitrogen and oxygen atoms in total. The zero-order valence-electron chi connectivity index (χ0n) is 14.2. The number of rotatable bonds is 4. The maximum absolute atomic E-state index is 12.5. The van der Waals surface area contributed by atoms with Crippen molar-refractivity contribution in [3.63, 3.8) is 0 Å². The van der Waals surface area contributed by atoms with Crippen LogP contribution in [0, 0.1) is 5.92 Å². The van der Waals surface area contributed by atoms with Gasteiger partial charge in [-0.25, -0.2) is 4.98 Å². The fraction of sp³-hybridized carbons (Fsp3) is 0.444. The molecule has 1 amide bonds. The molecule has 0 spiro atoms. The fourth-order valence-corrected chi connectivity index (χ4v) is 2.87. The first-order valence-corrected chi connectivity index (χ1v) is 8.35. The van der Waals surface area contributed by atoms with E-state index < -0.39 is 0 Å². The molecule has 0 saturated carbocycles. The third kappa shape index (κ3) is 3.88. The summed E-state index contributed by atoms with van der Waals surface area (Å²) < 4.78 is 0. The normalized spacial score (nSPS) is 15.3. The molecule has 0 bridgehead atoms. The highest BCUT2D eigenvalue weighted by Gasteiger charge is 2.21. The summed E-state index contributed by atoms with van der Waals surface area (Å²) in [5.41, 5.74) is 1.53. The van der Waals surface area contributed by atoms with Crippen LogP contribution in [0.15, 0.2) is 36.9 Å². The third-order valence-electron chi connectivity index (χ3n) is 4.47. The highest BCUT2D eigenvalue weighted by Crippen LogP contribution is 2.19. The Balaban J connectivity index is 1.63. The van der Waals surface area contributed by atoms with E-state index >= 15 is 0 Å². The lowest BCUT2D eigenvalue weighted by Gasteiger charge is -2.30. The van der Waals surface area contributed by atoms with Crippen LogP contribution in [0.25, 0.3) is 0 Å². The van der Waals surface area contributed by atoms with Gasteiger partial charge in [0.1, 0.15) is 5.82 Å². The Morgan fingerprint density at radius 1 is 1.21 bits per heavy atom. The lowest BCUT2D eigenvalue weighted by molar-refractivity contribution is 0.0697. The van der Waals surface area contributed by atoms with Crippen LogP contribution in [0.1, 0.15) is 35.8 Å². The number of carbonyl (C=O) groups is 1. The van der Waals surface area contributed by atoms with Crippen molar-refractivity contribution in [2.75, 3.05) is 25.0 Å². The molecule has 1 aliphatic rings. The monoisotopic (exact) mass is 325 g/mol. The fourth-order valence-electron chi connectivity index (χ4n) is 2.87. The summed E-state index contributed by atoms with van der Waals surface area (Å²) in [6, 6.07) is 3.74. The van der Waals surface area contributed by atoms with Crippen molar-refractivity contribution in [3.05, 3.63) is 48.2 Å². The molecule has 1 fully saturated rings. The number of aromatic nitrogens is 3. The zero-order chi connectivity index (χ0) is 16.9. The van der Waals surface area contributed by atoms with E-state index in [0.717, 1.165) is 37.4 Å². The van der Waals surface area contributed by atoms with Crippen LogP contribution in [-0.4, -0.2) is 45.9 Å². The van der Waals surface area contributed by atoms with E-state index in [-0.39, 0.29) is 5.91 Å². The van der Waals surface area contributed by atoms with Crippen LogP contribution >= 0.6 is 0 Å². The summed E-state index contributed by atoms with van der Waals surface area (Å²) in [4.78, 5) is 29.2. The number of pyridine rings is 1. The van der Waals surface area contributed by atoms with Crippen molar-refractivity contribution in [1.29, 1.82) is 0 Å². The van der Waals surface area contributed by atoms with Gasteiger partial charge in [0.15, 0.2) is 0 Å². The lowest BCUT2D eigenvalue weighted by Crippen LogP contribution is -2.37. The van der Waals surface area contributed by atoms with E-state index in [1.807, 2.05) is 29.0 Å². The van der Waals surface area contributed by atoms with Gasteiger partial charge in [0, 0.05) is 38.7 Å². The SMILES string of the molecule is CC1CCN(C(=O)c2ccc(N(C)Cc3cnccn3)nc2)CC1. The average Bonchev–Trinajstić information content (AvgIpc) is 2.63. The number of nitrogens with zero attached hydrogens (tertiary/aromatic N) is 5. The minimum atomic E-state index is 0.0810. The molecule has 2 aromatic rings. The predicted molar refractivity (Wildman–Crippen MR) is 92.7 cm³/mol. The summed E-state index contributed by atoms with van der Waals surface area (Å²) in [6.45, 7) is 4.55. The number of amides is 1. The molecule has 0 aliphatic carbocycles. The van der Waals surface area contributed by atoms with Crippen LogP contribution in [0.2, 0.25) is 0 Å². The molecular weight excluding hydrogens is 302 g/mol. The van der Waals surface area contributed by atoms with Crippen LogP contribution in [0.3, 0.4) is 0 Å². The second kappa shape index (κ2) is 7.38. The molecule has 0 unspecified atom stereocenters. The first-order chi connectivity index (χ1) is 11.6. The van der Waals surface area contributed by atoms with Gasteiger partial charge in [-0.2, -0.15) is 0 Å². The van der Waals surface area contributed by atoms with E-state index in [1.165, 1.54) is 0 Å². The first-order valence-electron chi connectivity index (χ1n) is 8.35. The number of piperidine rings is 1. The number of anilines is 1. The van der Waals surface area contributed by atoms with E-state index in [0.29, 0.717) is 18.0 Å². The zero-order valence-corrected chi connectivity index (χ0v) is 14.2. The number of carbonyl (C=O) groups excluding carboxylic acids is 1. The smallest absolute Gasteiger partial charge is 0.255 e. The molecule has 24 heavy (non-hydrogen) atoms. The Kier molecular flexibility index (Phi) is 5.03. The number of hydrogen-bond donors (Lipinski definition) is 0. The minimum absolute atomic E-state index is 0.0810. The Hall–Kier alpha value is -2.50. The summed E-state index contributed by atoms with van der Waals surface area (Å²) in [5, 5.41) is 0. The largest absolute Gasteiger partial charge is 0.354 e. The van der Waals surface area contributed by atoms with Gasteiger partial charge in [0.25, 0.3) is 5.91 Å². The maximum Gasteiger partial charge on any atom is 0.255 e. The summed E-state index contributed by atoms with van der Waals surface area (Å²) in [6.07, 6.45) is 8.91. The highest BCUT2D eigenvalue weighted by atomic mass is 16.2. The van der Waals surface area contributed by atoms with Crippen LogP contribution in [0.4, 0.5) is 5.82 Å². The van der Waals surface area contributed by atoms with Crippen LogP contribution in [0.5, 0.6) is 0 Å². The van der Waals surface area contributed by atoms with Gasteiger partial charge in [0.2, 0.25) is 0 Å². The van der Waals surface area contributed by atoms with E-state index in [4.69, 9.17) is 0 Å². The Morgan fingerprint density at radius 3 is 2.62 bits per heavy atom. The van der Waals surface area contributed by atoms with Gasteiger partial charge in [-0.3, -0.25) is 14.8 Å². The molecule has 0 radical (unpaired) electrons. The van der Waals surface area contributed by atoms with Gasteiger partial charge in [0.05, 0.1) is 24.0 Å².